The number of carbonyl (C=O) groups is 1. The summed E-state index contributed by atoms with van der Waals surface area (Å²) in [5.41, 5.74) is 6.96. The number of aryl methyl sites for hydroxylation is 1. The molecule has 5 nitrogen and oxygen atoms in total. The van der Waals surface area contributed by atoms with Crippen molar-refractivity contribution in [3.05, 3.63) is 16.1 Å². The van der Waals surface area contributed by atoms with Crippen LogP contribution in [0.1, 0.15) is 23.5 Å². The van der Waals surface area contributed by atoms with Crippen molar-refractivity contribution in [1.82, 2.24) is 10.3 Å². The molecule has 6 heteroatoms. The van der Waals surface area contributed by atoms with Crippen LogP contribution in [0.4, 0.5) is 0 Å². The lowest BCUT2D eigenvalue weighted by molar-refractivity contribution is -0.124. The smallest absolute Gasteiger partial charge is 0.237 e. The van der Waals surface area contributed by atoms with Crippen molar-refractivity contribution in [1.29, 1.82) is 0 Å². The molecule has 1 saturated heterocycles. The molecule has 1 unspecified atom stereocenters. The van der Waals surface area contributed by atoms with Gasteiger partial charge in [-0.3, -0.25) is 4.79 Å². The predicted molar refractivity (Wildman–Crippen MR) is 70.2 cm³/mol. The highest BCUT2D eigenvalue weighted by Crippen LogP contribution is 2.17. The van der Waals surface area contributed by atoms with Crippen LogP contribution in [0.15, 0.2) is 5.38 Å². The van der Waals surface area contributed by atoms with E-state index in [0.29, 0.717) is 19.8 Å². The molecule has 0 spiro atoms. The molecule has 1 aromatic heterocycles. The quantitative estimate of drug-likeness (QED) is 0.848. The van der Waals surface area contributed by atoms with E-state index in [4.69, 9.17) is 10.5 Å². The summed E-state index contributed by atoms with van der Waals surface area (Å²) in [5.74, 6) is 0.145. The Hall–Kier alpha value is -0.980. The van der Waals surface area contributed by atoms with Crippen molar-refractivity contribution in [2.45, 2.75) is 32.4 Å². The molecule has 3 N–H and O–H groups in total. The van der Waals surface area contributed by atoms with Gasteiger partial charge in [0.1, 0.15) is 5.01 Å². The molecule has 1 fully saturated rings. The molecule has 1 aliphatic heterocycles. The first-order chi connectivity index (χ1) is 8.66. The van der Waals surface area contributed by atoms with Gasteiger partial charge in [0.15, 0.2) is 0 Å². The first kappa shape index (κ1) is 13.5. The number of nitrogens with one attached hydrogen (secondary N) is 1. The Morgan fingerprint density at radius 1 is 1.67 bits per heavy atom. The van der Waals surface area contributed by atoms with Crippen molar-refractivity contribution < 1.29 is 9.53 Å². The minimum Gasteiger partial charge on any atom is -0.381 e. The van der Waals surface area contributed by atoms with Crippen molar-refractivity contribution in [2.24, 2.45) is 11.7 Å². The molecule has 2 heterocycles. The van der Waals surface area contributed by atoms with E-state index in [2.05, 4.69) is 10.3 Å². The van der Waals surface area contributed by atoms with Crippen LogP contribution in [0, 0.1) is 12.8 Å². The molecule has 0 bridgehead atoms. The van der Waals surface area contributed by atoms with Gasteiger partial charge in [-0.15, -0.1) is 11.3 Å². The van der Waals surface area contributed by atoms with E-state index in [1.807, 2.05) is 12.3 Å². The van der Waals surface area contributed by atoms with E-state index in [1.165, 1.54) is 0 Å². The summed E-state index contributed by atoms with van der Waals surface area (Å²) < 4.78 is 5.27. The number of hydrogen-bond donors (Lipinski definition) is 2. The number of ether oxygens (including phenoxy) is 1. The van der Waals surface area contributed by atoms with Gasteiger partial charge in [0, 0.05) is 24.3 Å². The Bertz CT molecular complexity index is 402. The maximum Gasteiger partial charge on any atom is 0.237 e. The number of rotatable bonds is 4. The molecular weight excluding hydrogens is 250 g/mol. The topological polar surface area (TPSA) is 77.2 Å². The monoisotopic (exact) mass is 269 g/mol. The van der Waals surface area contributed by atoms with Gasteiger partial charge in [0.05, 0.1) is 12.6 Å². The average molecular weight is 269 g/mol. The third kappa shape index (κ3) is 3.51. The molecule has 0 aromatic carbocycles. The number of aromatic nitrogens is 1. The molecule has 1 aromatic rings. The number of thiazole rings is 1. The van der Waals surface area contributed by atoms with Crippen LogP contribution >= 0.6 is 11.3 Å². The number of carbonyl (C=O) groups excluding carboxylic acids is 1. The van der Waals surface area contributed by atoms with E-state index in [1.54, 1.807) is 11.3 Å². The third-order valence-electron chi connectivity index (χ3n) is 3.16. The molecule has 1 aliphatic rings. The van der Waals surface area contributed by atoms with Crippen LogP contribution in [0.5, 0.6) is 0 Å². The fraction of sp³-hybridized carbons (Fsp3) is 0.667. The molecular formula is C12H19N3O2S. The van der Waals surface area contributed by atoms with E-state index in [9.17, 15) is 4.79 Å². The van der Waals surface area contributed by atoms with Gasteiger partial charge < -0.3 is 15.8 Å². The lowest BCUT2D eigenvalue weighted by Gasteiger charge is -2.26. The zero-order valence-electron chi connectivity index (χ0n) is 10.5. The number of amides is 1. The van der Waals surface area contributed by atoms with Gasteiger partial charge in [-0.1, -0.05) is 0 Å². The number of nitrogens with zero attached hydrogens (tertiary/aromatic N) is 1. The second-order valence-electron chi connectivity index (χ2n) is 4.58. The van der Waals surface area contributed by atoms with Crippen LogP contribution in [0.3, 0.4) is 0 Å². The van der Waals surface area contributed by atoms with Gasteiger partial charge in [-0.25, -0.2) is 4.98 Å². The maximum atomic E-state index is 11.9. The van der Waals surface area contributed by atoms with E-state index < -0.39 is 6.04 Å². The third-order valence-corrected chi connectivity index (χ3v) is 4.12. The lowest BCUT2D eigenvalue weighted by Crippen LogP contribution is -2.46. The summed E-state index contributed by atoms with van der Waals surface area (Å²) in [5, 5.41) is 5.74. The lowest BCUT2D eigenvalue weighted by atomic mass is 9.92. The Labute approximate surface area is 111 Å². The summed E-state index contributed by atoms with van der Waals surface area (Å²) >= 11 is 1.55. The molecule has 1 amide bonds. The summed E-state index contributed by atoms with van der Waals surface area (Å²) in [7, 11) is 0. The zero-order chi connectivity index (χ0) is 13.0. The van der Waals surface area contributed by atoms with Gasteiger partial charge in [0.2, 0.25) is 5.91 Å². The SMILES string of the molecule is Cc1csc(CNC(=O)C(N)C2CCOCC2)n1. The van der Waals surface area contributed by atoms with Crippen molar-refractivity contribution >= 4 is 17.2 Å². The van der Waals surface area contributed by atoms with Gasteiger partial charge in [0.25, 0.3) is 0 Å². The van der Waals surface area contributed by atoms with E-state index >= 15 is 0 Å². The average Bonchev–Trinajstić information content (AvgIpc) is 2.82. The minimum atomic E-state index is -0.435. The molecule has 2 rings (SSSR count). The van der Waals surface area contributed by atoms with Crippen LogP contribution in [-0.2, 0) is 16.1 Å². The van der Waals surface area contributed by atoms with Crippen LogP contribution in [-0.4, -0.2) is 30.1 Å². The van der Waals surface area contributed by atoms with Gasteiger partial charge in [-0.2, -0.15) is 0 Å². The molecule has 0 saturated carbocycles. The summed E-state index contributed by atoms with van der Waals surface area (Å²) in [6, 6.07) is -0.435. The highest BCUT2D eigenvalue weighted by molar-refractivity contribution is 7.09. The van der Waals surface area contributed by atoms with E-state index in [-0.39, 0.29) is 11.8 Å². The van der Waals surface area contributed by atoms with Crippen LogP contribution < -0.4 is 11.1 Å². The fourth-order valence-corrected chi connectivity index (χ4v) is 2.76. The van der Waals surface area contributed by atoms with Crippen LogP contribution in [0.2, 0.25) is 0 Å². The van der Waals surface area contributed by atoms with Crippen molar-refractivity contribution in [2.75, 3.05) is 13.2 Å². The largest absolute Gasteiger partial charge is 0.381 e. The van der Waals surface area contributed by atoms with Crippen molar-refractivity contribution in [3.63, 3.8) is 0 Å². The standard InChI is InChI=1S/C12H19N3O2S/c1-8-7-18-10(15-8)6-14-12(16)11(13)9-2-4-17-5-3-9/h7,9,11H,2-6,13H2,1H3,(H,14,16). The normalized spacial score (nSPS) is 18.6. The summed E-state index contributed by atoms with van der Waals surface area (Å²) in [6.45, 7) is 3.82. The number of hydrogen-bond acceptors (Lipinski definition) is 5. The van der Waals surface area contributed by atoms with Crippen LogP contribution in [0.25, 0.3) is 0 Å². The summed E-state index contributed by atoms with van der Waals surface area (Å²) in [6.07, 6.45) is 1.73. The molecule has 0 radical (unpaired) electrons. The molecule has 1 atom stereocenters. The Morgan fingerprint density at radius 2 is 2.39 bits per heavy atom. The van der Waals surface area contributed by atoms with Crippen molar-refractivity contribution in [3.8, 4) is 0 Å². The maximum absolute atomic E-state index is 11.9. The zero-order valence-corrected chi connectivity index (χ0v) is 11.3. The first-order valence-electron chi connectivity index (χ1n) is 6.19. The highest BCUT2D eigenvalue weighted by atomic mass is 32.1. The first-order valence-corrected chi connectivity index (χ1v) is 7.07. The number of nitrogens with two attached hydrogens (primary N) is 1. The second kappa shape index (κ2) is 6.26. The van der Waals surface area contributed by atoms with E-state index in [0.717, 1.165) is 23.5 Å². The Morgan fingerprint density at radius 3 is 3.00 bits per heavy atom. The fourth-order valence-electron chi connectivity index (χ4n) is 2.05. The highest BCUT2D eigenvalue weighted by Gasteiger charge is 2.26. The molecule has 0 aliphatic carbocycles. The molecule has 100 valence electrons. The molecule has 18 heavy (non-hydrogen) atoms. The van der Waals surface area contributed by atoms with Gasteiger partial charge in [-0.05, 0) is 25.7 Å². The minimum absolute atomic E-state index is 0.0882. The Kier molecular flexibility index (Phi) is 4.68. The summed E-state index contributed by atoms with van der Waals surface area (Å²) in [4.78, 5) is 16.2. The predicted octanol–water partition coefficient (Wildman–Crippen LogP) is 0.822. The Balaban J connectivity index is 1.79. The second-order valence-corrected chi connectivity index (χ2v) is 5.52. The van der Waals surface area contributed by atoms with Gasteiger partial charge >= 0.3 is 0 Å².